The van der Waals surface area contributed by atoms with Gasteiger partial charge in [0.25, 0.3) is 0 Å². The van der Waals surface area contributed by atoms with Crippen molar-refractivity contribution < 1.29 is 89.4 Å². The summed E-state index contributed by atoms with van der Waals surface area (Å²) >= 11 is 0. The van der Waals surface area contributed by atoms with Gasteiger partial charge in [0.1, 0.15) is 73.2 Å². The highest BCUT2D eigenvalue weighted by molar-refractivity contribution is 5.76. The average molecular weight is 1430 g/mol. The topological polar surface area (TPSA) is 307 Å². The molecule has 0 saturated carbocycles. The molecule has 100 heavy (non-hydrogen) atoms. The van der Waals surface area contributed by atoms with Crippen LogP contribution >= 0.6 is 0 Å². The van der Waals surface area contributed by atoms with Gasteiger partial charge < -0.3 is 89.9 Å². The third kappa shape index (κ3) is 41.8. The fourth-order valence-corrected chi connectivity index (χ4v) is 14.1. The van der Waals surface area contributed by atoms with Crippen molar-refractivity contribution in [1.82, 2.24) is 5.32 Å². The second-order valence-corrected chi connectivity index (χ2v) is 29.6. The number of amides is 1. The van der Waals surface area contributed by atoms with E-state index >= 15 is 0 Å². The van der Waals surface area contributed by atoms with E-state index in [2.05, 4.69) is 43.5 Å². The Balaban J connectivity index is 1.37. The number of hydrogen-bond acceptors (Lipinski definition) is 18. The van der Waals surface area contributed by atoms with Gasteiger partial charge in [0.05, 0.1) is 38.6 Å². The van der Waals surface area contributed by atoms with Crippen molar-refractivity contribution >= 4 is 5.91 Å². The molecule has 0 aliphatic carbocycles. The van der Waals surface area contributed by atoms with E-state index in [9.17, 15) is 61.0 Å². The van der Waals surface area contributed by atoms with Crippen molar-refractivity contribution in [2.75, 3.05) is 26.4 Å². The number of carbonyl (C=O) groups excluding carboxylic acids is 1. The van der Waals surface area contributed by atoms with E-state index in [1.807, 2.05) is 6.08 Å². The lowest BCUT2D eigenvalue weighted by Gasteiger charge is -2.48. The molecule has 17 atom stereocenters. The minimum absolute atomic E-state index is 0.236. The maximum Gasteiger partial charge on any atom is 0.220 e. The summed E-state index contributed by atoms with van der Waals surface area (Å²) in [5.74, 6) is -0.282. The van der Waals surface area contributed by atoms with E-state index in [1.54, 1.807) is 6.08 Å². The summed E-state index contributed by atoms with van der Waals surface area (Å²) < 4.78 is 34.4. The molecule has 12 N–H and O–H groups in total. The van der Waals surface area contributed by atoms with Crippen LogP contribution in [0.3, 0.4) is 0 Å². The second kappa shape index (κ2) is 62.1. The van der Waals surface area contributed by atoms with Gasteiger partial charge >= 0.3 is 0 Å². The van der Waals surface area contributed by atoms with Crippen LogP contribution in [0.1, 0.15) is 341 Å². The first-order valence-electron chi connectivity index (χ1n) is 41.2. The van der Waals surface area contributed by atoms with Crippen molar-refractivity contribution in [2.45, 2.75) is 446 Å². The Bertz CT molecular complexity index is 1950. The predicted octanol–water partition coefficient (Wildman–Crippen LogP) is 13.9. The summed E-state index contributed by atoms with van der Waals surface area (Å²) in [6.45, 7) is 1.76. The summed E-state index contributed by atoms with van der Waals surface area (Å²) in [7, 11) is 0. The van der Waals surface area contributed by atoms with Gasteiger partial charge in [0, 0.05) is 6.42 Å². The van der Waals surface area contributed by atoms with Gasteiger partial charge in [0.2, 0.25) is 5.91 Å². The van der Waals surface area contributed by atoms with E-state index in [0.717, 1.165) is 44.9 Å². The molecule has 3 saturated heterocycles. The van der Waals surface area contributed by atoms with Crippen molar-refractivity contribution in [3.05, 3.63) is 36.5 Å². The molecule has 0 aromatic heterocycles. The molecule has 3 heterocycles. The molecule has 17 unspecified atom stereocenters. The quantitative estimate of drug-likeness (QED) is 0.0199. The van der Waals surface area contributed by atoms with Crippen LogP contribution in [-0.4, -0.2) is 193 Å². The van der Waals surface area contributed by atoms with Gasteiger partial charge in [0.15, 0.2) is 18.9 Å². The van der Waals surface area contributed by atoms with Crippen LogP contribution in [0.2, 0.25) is 0 Å². The van der Waals surface area contributed by atoms with Gasteiger partial charge in [-0.05, 0) is 44.9 Å². The second-order valence-electron chi connectivity index (χ2n) is 29.6. The van der Waals surface area contributed by atoms with Crippen LogP contribution in [0, 0.1) is 0 Å². The zero-order valence-corrected chi connectivity index (χ0v) is 62.9. The number of carbonyl (C=O) groups is 1. The van der Waals surface area contributed by atoms with Gasteiger partial charge in [-0.2, -0.15) is 0 Å². The summed E-state index contributed by atoms with van der Waals surface area (Å²) in [5, 5.41) is 121. The SMILES string of the molecule is CCCCCCCCCCCCCCC/C=C/CC/C=C/CC/C=C/C(O)C(COC1OC(CO)C(OC2OC(CO)C(OC3OC(CO)C(O)C(O)C3O)C(O)C2O)C(O)C1O)NC(=O)CCCCCCCCCCCCCCCCCCCCCCCCCCCCCCCCCC. The lowest BCUT2D eigenvalue weighted by Crippen LogP contribution is -2.66. The smallest absolute Gasteiger partial charge is 0.220 e. The average Bonchev–Trinajstić information content (AvgIpc) is 0.783. The number of ether oxygens (including phenoxy) is 6. The fourth-order valence-electron chi connectivity index (χ4n) is 14.1. The highest BCUT2D eigenvalue weighted by Crippen LogP contribution is 2.33. The van der Waals surface area contributed by atoms with Gasteiger partial charge in [-0.3, -0.25) is 4.79 Å². The zero-order valence-electron chi connectivity index (χ0n) is 62.9. The first kappa shape index (κ1) is 92.2. The first-order chi connectivity index (χ1) is 48.8. The minimum atomic E-state index is -1.98. The number of aliphatic hydroxyl groups excluding tert-OH is 11. The Kier molecular flexibility index (Phi) is 57.3. The van der Waals surface area contributed by atoms with Crippen LogP contribution in [0.25, 0.3) is 0 Å². The number of rotatable bonds is 66. The molecule has 0 radical (unpaired) electrons. The molecule has 0 bridgehead atoms. The van der Waals surface area contributed by atoms with Crippen LogP contribution < -0.4 is 5.32 Å². The molecule has 19 nitrogen and oxygen atoms in total. The molecule has 0 spiro atoms. The van der Waals surface area contributed by atoms with Crippen LogP contribution in [0.15, 0.2) is 36.5 Å². The molecule has 3 fully saturated rings. The normalized spacial score (nSPS) is 26.6. The lowest BCUT2D eigenvalue weighted by atomic mass is 9.96. The van der Waals surface area contributed by atoms with Gasteiger partial charge in [-0.15, -0.1) is 0 Å². The number of aliphatic hydroxyl groups is 11. The third-order valence-corrected chi connectivity index (χ3v) is 20.7. The maximum atomic E-state index is 13.5. The Morgan fingerprint density at radius 1 is 0.350 bits per heavy atom. The Morgan fingerprint density at radius 2 is 0.640 bits per heavy atom. The molecule has 3 rings (SSSR count). The standard InChI is InChI=1S/C81H151NO18/c1-3-5-7-9-11-13-15-17-19-21-23-25-27-28-29-30-31-32-33-34-35-37-39-41-43-45-47-49-51-53-55-57-59-69(87)82-64(65(86)58-56-54-52-50-48-46-44-42-40-38-36-26-24-22-20-18-16-14-12-10-8-6-4-2)63-95-79-75(93)72(90)77(67(61-84)97-79)100-81-76(94)73(91)78(68(62-85)98-81)99-80-74(92)71(89)70(88)66(60-83)96-80/h40,42,48,50,56,58,64-68,70-81,83-86,88-94H,3-39,41,43-47,49,51-55,57,59-63H2,1-2H3,(H,82,87)/b42-40+,50-48+,58-56+. The van der Waals surface area contributed by atoms with Gasteiger partial charge in [-0.1, -0.05) is 326 Å². The number of nitrogens with one attached hydrogen (secondary N) is 1. The molecular formula is C81H151NO18. The molecule has 3 aliphatic rings. The Hall–Kier alpha value is -1.99. The van der Waals surface area contributed by atoms with Crippen molar-refractivity contribution in [3.8, 4) is 0 Å². The number of allylic oxidation sites excluding steroid dienone is 5. The molecular weight excluding hydrogens is 1270 g/mol. The monoisotopic (exact) mass is 1430 g/mol. The summed E-state index contributed by atoms with van der Waals surface area (Å²) in [6, 6.07) is -0.996. The van der Waals surface area contributed by atoms with Crippen LogP contribution in [0.4, 0.5) is 0 Å². The van der Waals surface area contributed by atoms with Crippen LogP contribution in [0.5, 0.6) is 0 Å². The number of hydrogen-bond donors (Lipinski definition) is 12. The lowest BCUT2D eigenvalue weighted by molar-refractivity contribution is -0.379. The van der Waals surface area contributed by atoms with E-state index in [1.165, 1.54) is 263 Å². The summed E-state index contributed by atoms with van der Waals surface area (Å²) in [6.07, 6.45) is 50.1. The zero-order chi connectivity index (χ0) is 72.5. The van der Waals surface area contributed by atoms with E-state index in [4.69, 9.17) is 28.4 Å². The van der Waals surface area contributed by atoms with Crippen molar-refractivity contribution in [1.29, 1.82) is 0 Å². The molecule has 0 aromatic rings. The van der Waals surface area contributed by atoms with Crippen LogP contribution in [-0.2, 0) is 33.2 Å². The molecule has 1 amide bonds. The molecule has 19 heteroatoms. The van der Waals surface area contributed by atoms with Crippen molar-refractivity contribution in [2.24, 2.45) is 0 Å². The molecule has 0 aromatic carbocycles. The maximum absolute atomic E-state index is 13.5. The van der Waals surface area contributed by atoms with E-state index in [-0.39, 0.29) is 18.9 Å². The highest BCUT2D eigenvalue weighted by atomic mass is 16.8. The van der Waals surface area contributed by atoms with E-state index < -0.39 is 124 Å². The summed E-state index contributed by atoms with van der Waals surface area (Å²) in [5.41, 5.74) is 0. The van der Waals surface area contributed by atoms with E-state index in [0.29, 0.717) is 12.8 Å². The first-order valence-corrected chi connectivity index (χ1v) is 41.2. The largest absolute Gasteiger partial charge is 0.394 e. The fraction of sp³-hybridized carbons (Fsp3) is 0.914. The van der Waals surface area contributed by atoms with Crippen molar-refractivity contribution in [3.63, 3.8) is 0 Å². The third-order valence-electron chi connectivity index (χ3n) is 20.7. The minimum Gasteiger partial charge on any atom is -0.394 e. The number of unbranched alkanes of at least 4 members (excludes halogenated alkanes) is 46. The molecule has 588 valence electrons. The Labute approximate surface area is 606 Å². The Morgan fingerprint density at radius 3 is 1.00 bits per heavy atom. The molecule has 3 aliphatic heterocycles. The summed E-state index contributed by atoms with van der Waals surface area (Å²) in [4.78, 5) is 13.5. The van der Waals surface area contributed by atoms with Gasteiger partial charge in [-0.25, -0.2) is 0 Å². The highest BCUT2D eigenvalue weighted by Gasteiger charge is 2.54. The predicted molar refractivity (Wildman–Crippen MR) is 397 cm³/mol.